The van der Waals surface area contributed by atoms with Crippen molar-refractivity contribution in [1.82, 2.24) is 9.78 Å². The van der Waals surface area contributed by atoms with Gasteiger partial charge in [-0.1, -0.05) is 6.07 Å². The maximum Gasteiger partial charge on any atom is 0.248 e. The highest BCUT2D eigenvalue weighted by Crippen LogP contribution is 2.46. The third-order valence-corrected chi connectivity index (χ3v) is 6.77. The fraction of sp³-hybridized carbons (Fsp3) is 0.522. The normalized spacial score (nSPS) is 22.8. The number of fused-ring (bicyclic) bond motifs is 1. The van der Waals surface area contributed by atoms with E-state index in [1.165, 1.54) is 6.92 Å². The van der Waals surface area contributed by atoms with E-state index in [1.54, 1.807) is 47.1 Å². The number of alkyl halides is 2. The van der Waals surface area contributed by atoms with Gasteiger partial charge in [0.1, 0.15) is 6.09 Å². The quantitative estimate of drug-likeness (QED) is 0.754. The lowest BCUT2D eigenvalue weighted by molar-refractivity contribution is -0.247. The van der Waals surface area contributed by atoms with Crippen LogP contribution in [-0.4, -0.2) is 51.5 Å². The highest BCUT2D eigenvalue weighted by atomic mass is 19.3. The van der Waals surface area contributed by atoms with Gasteiger partial charge in [0, 0.05) is 31.5 Å². The van der Waals surface area contributed by atoms with E-state index in [2.05, 4.69) is 5.10 Å². The number of carbonyl (C=O) groups is 2. The van der Waals surface area contributed by atoms with Crippen LogP contribution in [0.3, 0.4) is 0 Å². The Morgan fingerprint density at radius 2 is 1.88 bits per heavy atom. The van der Waals surface area contributed by atoms with Crippen LogP contribution in [0.5, 0.6) is 0 Å². The van der Waals surface area contributed by atoms with Gasteiger partial charge in [0.25, 0.3) is 0 Å². The second kappa shape index (κ2) is 8.74. The van der Waals surface area contributed by atoms with Gasteiger partial charge in [-0.2, -0.15) is 5.10 Å². The monoisotopic (exact) mass is 461 g/mol. The smallest absolute Gasteiger partial charge is 0.248 e. The SMILES string of the molecule is CC(=O)N1c2ccc(-c3cnn(CCO)c3)cc2N(C(=O)[O-])C(C2CCC(F)(F)CC2)[C@@H]1C. The minimum atomic E-state index is -2.75. The lowest BCUT2D eigenvalue weighted by Gasteiger charge is -2.51. The Hall–Kier alpha value is -3.01. The van der Waals surface area contributed by atoms with Crippen LogP contribution in [0.1, 0.15) is 39.5 Å². The van der Waals surface area contributed by atoms with Crippen molar-refractivity contribution in [3.05, 3.63) is 30.6 Å². The topological polar surface area (TPSA) is 102 Å². The second-order valence-corrected chi connectivity index (χ2v) is 8.87. The van der Waals surface area contributed by atoms with Crippen molar-refractivity contribution in [3.8, 4) is 11.1 Å². The molecule has 0 spiro atoms. The molecule has 4 rings (SSSR count). The van der Waals surface area contributed by atoms with Crippen LogP contribution in [0.15, 0.2) is 30.6 Å². The first-order chi connectivity index (χ1) is 15.6. The van der Waals surface area contributed by atoms with Crippen LogP contribution in [0.2, 0.25) is 0 Å². The number of aliphatic hydroxyl groups excluding tert-OH is 1. The van der Waals surface area contributed by atoms with Gasteiger partial charge in [-0.25, -0.2) is 8.78 Å². The Balaban J connectivity index is 1.79. The molecular weight excluding hydrogens is 434 g/mol. The molecule has 0 saturated heterocycles. The summed E-state index contributed by atoms with van der Waals surface area (Å²) in [6.45, 7) is 3.41. The molecule has 1 aliphatic heterocycles. The van der Waals surface area contributed by atoms with E-state index in [9.17, 15) is 23.5 Å². The molecule has 0 radical (unpaired) electrons. The number of carbonyl (C=O) groups excluding carboxylic acids is 2. The molecule has 1 fully saturated rings. The average molecular weight is 461 g/mol. The van der Waals surface area contributed by atoms with Gasteiger partial charge >= 0.3 is 0 Å². The molecule has 2 atom stereocenters. The Bertz CT molecular complexity index is 1050. The molecule has 1 saturated carbocycles. The molecule has 10 heteroatoms. The van der Waals surface area contributed by atoms with Crippen LogP contribution >= 0.6 is 0 Å². The van der Waals surface area contributed by atoms with Crippen molar-refractivity contribution in [2.45, 2.75) is 64.1 Å². The Labute approximate surface area is 190 Å². The predicted molar refractivity (Wildman–Crippen MR) is 116 cm³/mol. The van der Waals surface area contributed by atoms with E-state index >= 15 is 0 Å². The molecule has 8 nitrogen and oxygen atoms in total. The van der Waals surface area contributed by atoms with E-state index in [-0.39, 0.29) is 49.8 Å². The number of benzene rings is 1. The maximum absolute atomic E-state index is 13.8. The number of carboxylic acid groups (broad SMARTS) is 1. The number of hydrogen-bond donors (Lipinski definition) is 1. The summed E-state index contributed by atoms with van der Waals surface area (Å²) < 4.78 is 29.2. The predicted octanol–water partition coefficient (Wildman–Crippen LogP) is 2.64. The third-order valence-electron chi connectivity index (χ3n) is 6.77. The summed E-state index contributed by atoms with van der Waals surface area (Å²) in [4.78, 5) is 27.7. The lowest BCUT2D eigenvalue weighted by atomic mass is 9.77. The molecule has 33 heavy (non-hydrogen) atoms. The fourth-order valence-corrected chi connectivity index (χ4v) is 5.27. The summed E-state index contributed by atoms with van der Waals surface area (Å²) in [6, 6.07) is 3.89. The molecule has 178 valence electrons. The van der Waals surface area contributed by atoms with Gasteiger partial charge in [0.2, 0.25) is 11.8 Å². The number of anilines is 2. The van der Waals surface area contributed by atoms with Gasteiger partial charge in [-0.15, -0.1) is 0 Å². The summed E-state index contributed by atoms with van der Waals surface area (Å²) in [5, 5.41) is 25.7. The van der Waals surface area contributed by atoms with E-state index in [1.807, 2.05) is 0 Å². The highest BCUT2D eigenvalue weighted by molar-refractivity contribution is 6.03. The van der Waals surface area contributed by atoms with Crippen LogP contribution < -0.4 is 14.9 Å². The first-order valence-electron chi connectivity index (χ1n) is 11.1. The summed E-state index contributed by atoms with van der Waals surface area (Å²) in [5.74, 6) is -3.33. The third kappa shape index (κ3) is 4.31. The number of aromatic nitrogens is 2. The van der Waals surface area contributed by atoms with Crippen LogP contribution in [-0.2, 0) is 11.3 Å². The number of nitrogens with zero attached hydrogens (tertiary/aromatic N) is 4. The summed E-state index contributed by atoms with van der Waals surface area (Å²) in [7, 11) is 0. The Morgan fingerprint density at radius 3 is 2.48 bits per heavy atom. The van der Waals surface area contributed by atoms with E-state index in [0.717, 1.165) is 4.90 Å². The molecule has 1 N–H and O–H groups in total. The first-order valence-corrected chi connectivity index (χ1v) is 11.1. The Kier molecular flexibility index (Phi) is 6.13. The zero-order valence-electron chi connectivity index (χ0n) is 18.6. The number of halogens is 2. The first kappa shape index (κ1) is 23.2. The zero-order chi connectivity index (χ0) is 23.9. The number of amides is 2. The molecule has 0 bridgehead atoms. The molecule has 2 aromatic rings. The van der Waals surface area contributed by atoms with E-state index in [4.69, 9.17) is 5.11 Å². The summed E-state index contributed by atoms with van der Waals surface area (Å²) >= 11 is 0. The standard InChI is InChI=1S/C23H28F2N4O4/c1-14-21(16-5-7-23(24,25)8-6-16)29(22(32)33)20-11-17(3-4-19(20)28(14)15(2)31)18-12-26-27(13-18)9-10-30/h3-4,11-14,16,21,30H,5-10H2,1-2H3,(H,32,33)/p-1/t14-,21?/m0/s1. The molecule has 1 aromatic heterocycles. The van der Waals surface area contributed by atoms with E-state index in [0.29, 0.717) is 23.4 Å². The fourth-order valence-electron chi connectivity index (χ4n) is 5.27. The average Bonchev–Trinajstić information content (AvgIpc) is 3.21. The number of rotatable bonds is 4. The summed E-state index contributed by atoms with van der Waals surface area (Å²) in [5.41, 5.74) is 2.11. The maximum atomic E-state index is 13.8. The molecule has 2 aliphatic rings. The van der Waals surface area contributed by atoms with Gasteiger partial charge in [-0.3, -0.25) is 9.48 Å². The van der Waals surface area contributed by atoms with Gasteiger partial charge < -0.3 is 24.8 Å². The molecule has 1 aliphatic carbocycles. The minimum Gasteiger partial charge on any atom is -0.530 e. The number of aliphatic hydroxyl groups is 1. The molecule has 2 heterocycles. The van der Waals surface area contributed by atoms with Crippen molar-refractivity contribution in [3.63, 3.8) is 0 Å². The van der Waals surface area contributed by atoms with Crippen LogP contribution in [0, 0.1) is 5.92 Å². The van der Waals surface area contributed by atoms with Crippen molar-refractivity contribution in [1.29, 1.82) is 0 Å². The highest BCUT2D eigenvalue weighted by Gasteiger charge is 2.46. The van der Waals surface area contributed by atoms with Crippen molar-refractivity contribution in [2.24, 2.45) is 5.92 Å². The zero-order valence-corrected chi connectivity index (χ0v) is 18.6. The van der Waals surface area contributed by atoms with Gasteiger partial charge in [0.15, 0.2) is 0 Å². The van der Waals surface area contributed by atoms with Crippen LogP contribution in [0.4, 0.5) is 25.0 Å². The lowest BCUT2D eigenvalue weighted by Crippen LogP contribution is -2.63. The van der Waals surface area contributed by atoms with Gasteiger partial charge in [-0.05, 0) is 43.4 Å². The molecule has 1 aromatic carbocycles. The van der Waals surface area contributed by atoms with Crippen molar-refractivity contribution in [2.75, 3.05) is 16.4 Å². The molecular formula is C23H27F2N4O4-. The number of hydrogen-bond acceptors (Lipinski definition) is 5. The van der Waals surface area contributed by atoms with Crippen LogP contribution in [0.25, 0.3) is 11.1 Å². The van der Waals surface area contributed by atoms with Gasteiger partial charge in [0.05, 0.1) is 42.8 Å². The minimum absolute atomic E-state index is 0.0721. The van der Waals surface area contributed by atoms with Crippen molar-refractivity contribution >= 4 is 23.4 Å². The largest absolute Gasteiger partial charge is 0.530 e. The second-order valence-electron chi connectivity index (χ2n) is 8.87. The Morgan fingerprint density at radius 1 is 1.18 bits per heavy atom. The summed E-state index contributed by atoms with van der Waals surface area (Å²) in [6.07, 6.45) is 1.63. The molecule has 2 amide bonds. The van der Waals surface area contributed by atoms with E-state index < -0.39 is 24.1 Å². The van der Waals surface area contributed by atoms with Crippen molar-refractivity contribution < 1.29 is 28.6 Å². The molecule has 1 unspecified atom stereocenters.